The number of sulfonamides is 1. The van der Waals surface area contributed by atoms with E-state index in [1.807, 2.05) is 0 Å². The average molecular weight is 376 g/mol. The van der Waals surface area contributed by atoms with Gasteiger partial charge in [0.25, 0.3) is 0 Å². The van der Waals surface area contributed by atoms with Crippen LogP contribution in [0, 0.1) is 5.82 Å². The summed E-state index contributed by atoms with van der Waals surface area (Å²) < 4.78 is 40.9. The molecule has 1 unspecified atom stereocenters. The first-order valence-corrected chi connectivity index (χ1v) is 9.67. The molecule has 132 valence electrons. The van der Waals surface area contributed by atoms with E-state index >= 15 is 0 Å². The number of halogens is 2. The number of benzene rings is 1. The Balaban J connectivity index is 1.85. The maximum atomic E-state index is 14.1. The SMILES string of the molecule is O=C1CNCCN1C1CCCN(S(=O)(=O)c2c(F)cccc2Cl)C1. The summed E-state index contributed by atoms with van der Waals surface area (Å²) in [5.41, 5.74) is 0. The van der Waals surface area contributed by atoms with Crippen LogP contribution in [0.3, 0.4) is 0 Å². The van der Waals surface area contributed by atoms with Crippen molar-refractivity contribution in [2.75, 3.05) is 32.7 Å². The van der Waals surface area contributed by atoms with E-state index in [1.165, 1.54) is 16.4 Å². The summed E-state index contributed by atoms with van der Waals surface area (Å²) in [6, 6.07) is 3.63. The molecule has 3 rings (SSSR count). The van der Waals surface area contributed by atoms with Gasteiger partial charge >= 0.3 is 0 Å². The third-order valence-corrected chi connectivity index (χ3v) is 6.81. The number of nitrogens with one attached hydrogen (secondary N) is 1. The summed E-state index contributed by atoms with van der Waals surface area (Å²) in [5.74, 6) is -0.891. The van der Waals surface area contributed by atoms with E-state index in [-0.39, 0.29) is 30.1 Å². The Morgan fingerprint density at radius 3 is 2.79 bits per heavy atom. The predicted octanol–water partition coefficient (Wildman–Crippen LogP) is 1.06. The van der Waals surface area contributed by atoms with Gasteiger partial charge in [0.2, 0.25) is 15.9 Å². The molecule has 1 amide bonds. The van der Waals surface area contributed by atoms with Crippen molar-refractivity contribution in [1.82, 2.24) is 14.5 Å². The van der Waals surface area contributed by atoms with E-state index in [1.54, 1.807) is 4.90 Å². The maximum absolute atomic E-state index is 14.1. The molecular weight excluding hydrogens is 357 g/mol. The molecule has 2 saturated heterocycles. The molecule has 6 nitrogen and oxygen atoms in total. The Morgan fingerprint density at radius 1 is 1.29 bits per heavy atom. The van der Waals surface area contributed by atoms with Crippen molar-refractivity contribution in [2.24, 2.45) is 0 Å². The molecule has 0 bridgehead atoms. The molecule has 0 spiro atoms. The molecule has 1 aromatic carbocycles. The van der Waals surface area contributed by atoms with Crippen LogP contribution in [0.4, 0.5) is 4.39 Å². The second-order valence-corrected chi connectivity index (χ2v) is 8.26. The standard InChI is InChI=1S/C15H19ClFN3O3S/c16-12-4-1-5-13(17)15(12)24(22,23)19-7-2-3-11(10-19)20-8-6-18-9-14(20)21/h1,4-5,11,18H,2-3,6-10H2. The number of piperazine rings is 1. The zero-order valence-corrected chi connectivity index (χ0v) is 14.6. The Morgan fingerprint density at radius 2 is 2.08 bits per heavy atom. The van der Waals surface area contributed by atoms with Gasteiger partial charge < -0.3 is 10.2 Å². The molecule has 0 aromatic heterocycles. The van der Waals surface area contributed by atoms with Crippen LogP contribution in [0.5, 0.6) is 0 Å². The zero-order valence-electron chi connectivity index (χ0n) is 13.0. The van der Waals surface area contributed by atoms with Crippen LogP contribution in [0.25, 0.3) is 0 Å². The highest BCUT2D eigenvalue weighted by molar-refractivity contribution is 7.89. The van der Waals surface area contributed by atoms with Crippen molar-refractivity contribution in [1.29, 1.82) is 0 Å². The van der Waals surface area contributed by atoms with Crippen LogP contribution >= 0.6 is 11.6 Å². The van der Waals surface area contributed by atoms with Gasteiger partial charge in [-0.15, -0.1) is 0 Å². The lowest BCUT2D eigenvalue weighted by molar-refractivity contribution is -0.135. The fraction of sp³-hybridized carbons (Fsp3) is 0.533. The Kier molecular flexibility index (Phi) is 5.10. The number of hydrogen-bond acceptors (Lipinski definition) is 4. The van der Waals surface area contributed by atoms with Crippen molar-refractivity contribution in [3.05, 3.63) is 29.0 Å². The molecule has 0 radical (unpaired) electrons. The number of nitrogens with zero attached hydrogens (tertiary/aromatic N) is 2. The van der Waals surface area contributed by atoms with E-state index in [0.717, 1.165) is 12.5 Å². The fourth-order valence-corrected chi connectivity index (χ4v) is 5.34. The Labute approximate surface area is 145 Å². The highest BCUT2D eigenvalue weighted by atomic mass is 35.5. The van der Waals surface area contributed by atoms with Gasteiger partial charge in [0.15, 0.2) is 0 Å². The minimum absolute atomic E-state index is 0.0329. The first kappa shape index (κ1) is 17.6. The number of carbonyl (C=O) groups excluding carboxylic acids is 1. The van der Waals surface area contributed by atoms with E-state index in [4.69, 9.17) is 11.6 Å². The van der Waals surface area contributed by atoms with E-state index in [0.29, 0.717) is 26.1 Å². The van der Waals surface area contributed by atoms with E-state index < -0.39 is 20.7 Å². The van der Waals surface area contributed by atoms with Crippen molar-refractivity contribution >= 4 is 27.5 Å². The van der Waals surface area contributed by atoms with Crippen LogP contribution in [0.2, 0.25) is 5.02 Å². The largest absolute Gasteiger partial charge is 0.336 e. The second kappa shape index (κ2) is 6.95. The maximum Gasteiger partial charge on any atom is 0.247 e. The second-order valence-electron chi connectivity index (χ2n) is 5.97. The summed E-state index contributed by atoms with van der Waals surface area (Å²) in [6.07, 6.45) is 1.36. The molecule has 2 fully saturated rings. The molecule has 24 heavy (non-hydrogen) atoms. The van der Waals surface area contributed by atoms with Crippen molar-refractivity contribution in [3.63, 3.8) is 0 Å². The fourth-order valence-electron chi connectivity index (χ4n) is 3.26. The quantitative estimate of drug-likeness (QED) is 0.857. The smallest absolute Gasteiger partial charge is 0.247 e. The summed E-state index contributed by atoms with van der Waals surface area (Å²) >= 11 is 5.92. The molecular formula is C15H19ClFN3O3S. The lowest BCUT2D eigenvalue weighted by Gasteiger charge is -2.40. The highest BCUT2D eigenvalue weighted by Crippen LogP contribution is 2.30. The van der Waals surface area contributed by atoms with Gasteiger partial charge in [-0.25, -0.2) is 12.8 Å². The Bertz CT molecular complexity index is 723. The van der Waals surface area contributed by atoms with Crippen LogP contribution in [0.15, 0.2) is 23.1 Å². The molecule has 1 N–H and O–H groups in total. The van der Waals surface area contributed by atoms with Crippen LogP contribution in [-0.2, 0) is 14.8 Å². The number of carbonyl (C=O) groups is 1. The van der Waals surface area contributed by atoms with Gasteiger partial charge in [0, 0.05) is 32.2 Å². The average Bonchev–Trinajstić information content (AvgIpc) is 2.55. The molecule has 0 aliphatic carbocycles. The first-order valence-electron chi connectivity index (χ1n) is 7.85. The lowest BCUT2D eigenvalue weighted by Crippen LogP contribution is -2.57. The normalized spacial score (nSPS) is 23.5. The molecule has 1 aromatic rings. The van der Waals surface area contributed by atoms with Crippen LogP contribution < -0.4 is 5.32 Å². The summed E-state index contributed by atoms with van der Waals surface area (Å²) in [5, 5.41) is 2.87. The lowest BCUT2D eigenvalue weighted by atomic mass is 10.1. The Hall–Kier alpha value is -1.22. The van der Waals surface area contributed by atoms with Crippen LogP contribution in [-0.4, -0.2) is 62.3 Å². The first-order chi connectivity index (χ1) is 11.4. The third kappa shape index (κ3) is 3.28. The van der Waals surface area contributed by atoms with E-state index in [9.17, 15) is 17.6 Å². The van der Waals surface area contributed by atoms with Gasteiger partial charge in [-0.1, -0.05) is 17.7 Å². The van der Waals surface area contributed by atoms with Gasteiger partial charge in [0.05, 0.1) is 11.6 Å². The van der Waals surface area contributed by atoms with Crippen molar-refractivity contribution < 1.29 is 17.6 Å². The van der Waals surface area contributed by atoms with Gasteiger partial charge in [0.1, 0.15) is 10.7 Å². The highest BCUT2D eigenvalue weighted by Gasteiger charge is 2.37. The topological polar surface area (TPSA) is 69.7 Å². The van der Waals surface area contributed by atoms with Crippen molar-refractivity contribution in [2.45, 2.75) is 23.8 Å². The zero-order chi connectivity index (χ0) is 17.3. The molecule has 2 heterocycles. The molecule has 1 atom stereocenters. The number of hydrogen-bond donors (Lipinski definition) is 1. The summed E-state index contributed by atoms with van der Waals surface area (Å²) in [7, 11) is -4.04. The predicted molar refractivity (Wildman–Crippen MR) is 87.8 cm³/mol. The number of rotatable bonds is 3. The number of amides is 1. The summed E-state index contributed by atoms with van der Waals surface area (Å²) in [6.45, 7) is 1.97. The minimum atomic E-state index is -4.04. The van der Waals surface area contributed by atoms with Gasteiger partial charge in [-0.05, 0) is 25.0 Å². The van der Waals surface area contributed by atoms with E-state index in [2.05, 4.69) is 5.32 Å². The monoisotopic (exact) mass is 375 g/mol. The van der Waals surface area contributed by atoms with Crippen molar-refractivity contribution in [3.8, 4) is 0 Å². The van der Waals surface area contributed by atoms with Gasteiger partial charge in [-0.2, -0.15) is 4.31 Å². The third-order valence-electron chi connectivity index (χ3n) is 4.44. The molecule has 2 aliphatic rings. The molecule has 2 aliphatic heterocycles. The minimum Gasteiger partial charge on any atom is -0.336 e. The summed E-state index contributed by atoms with van der Waals surface area (Å²) in [4.78, 5) is 13.3. The van der Waals surface area contributed by atoms with Crippen LogP contribution in [0.1, 0.15) is 12.8 Å². The van der Waals surface area contributed by atoms with Gasteiger partial charge in [-0.3, -0.25) is 4.79 Å². The molecule has 9 heteroatoms. The number of piperidine rings is 1. The molecule has 0 saturated carbocycles.